The number of sulfone groups is 1. The zero-order valence-corrected chi connectivity index (χ0v) is 11.5. The maximum absolute atomic E-state index is 11.6. The summed E-state index contributed by atoms with van der Waals surface area (Å²) in [6.45, 7) is 1.81. The van der Waals surface area contributed by atoms with Crippen molar-refractivity contribution in [1.82, 2.24) is 0 Å². The Morgan fingerprint density at radius 2 is 2.16 bits per heavy atom. The van der Waals surface area contributed by atoms with Crippen molar-refractivity contribution in [2.24, 2.45) is 0 Å². The molecule has 1 heterocycles. The van der Waals surface area contributed by atoms with E-state index in [0.29, 0.717) is 12.1 Å². The van der Waals surface area contributed by atoms with Crippen molar-refractivity contribution >= 4 is 21.5 Å². The van der Waals surface area contributed by atoms with Crippen LogP contribution in [0.2, 0.25) is 0 Å². The largest absolute Gasteiger partial charge is 0.478 e. The van der Waals surface area contributed by atoms with Gasteiger partial charge in [-0.1, -0.05) is 12.1 Å². The van der Waals surface area contributed by atoms with E-state index in [1.165, 1.54) is 6.07 Å². The topological polar surface area (TPSA) is 83.5 Å². The number of aromatic carboxylic acids is 1. The molecule has 104 valence electrons. The molecular formula is C13H17NO4S. The first-order chi connectivity index (χ1) is 8.89. The number of carbonyl (C=O) groups is 1. The van der Waals surface area contributed by atoms with Crippen molar-refractivity contribution in [1.29, 1.82) is 0 Å². The number of anilines is 1. The number of hydrogen-bond donors (Lipinski definition) is 2. The van der Waals surface area contributed by atoms with Crippen LogP contribution in [0.3, 0.4) is 0 Å². The minimum absolute atomic E-state index is 0.0698. The molecule has 1 aromatic rings. The molecule has 0 aliphatic carbocycles. The molecule has 1 unspecified atom stereocenters. The Bertz CT molecular complexity index is 595. The highest BCUT2D eigenvalue weighted by Crippen LogP contribution is 2.24. The molecule has 0 radical (unpaired) electrons. The summed E-state index contributed by atoms with van der Waals surface area (Å²) in [5.74, 6) is -0.713. The Kier molecular flexibility index (Phi) is 3.80. The highest BCUT2D eigenvalue weighted by molar-refractivity contribution is 7.91. The van der Waals surface area contributed by atoms with Gasteiger partial charge in [0.1, 0.15) is 0 Å². The summed E-state index contributed by atoms with van der Waals surface area (Å²) in [6.07, 6.45) is 1.36. The van der Waals surface area contributed by atoms with Crippen molar-refractivity contribution in [2.75, 3.05) is 16.8 Å². The molecule has 1 aliphatic heterocycles. The Morgan fingerprint density at radius 3 is 2.79 bits per heavy atom. The Balaban J connectivity index is 2.26. The lowest BCUT2D eigenvalue weighted by Crippen LogP contribution is -2.35. The second-order valence-electron chi connectivity index (χ2n) is 4.90. The summed E-state index contributed by atoms with van der Waals surface area (Å²) in [4.78, 5) is 11.2. The summed E-state index contributed by atoms with van der Waals surface area (Å²) in [6, 6.07) is 4.81. The molecule has 2 N–H and O–H groups in total. The fourth-order valence-corrected chi connectivity index (χ4v) is 4.01. The van der Waals surface area contributed by atoms with E-state index in [4.69, 9.17) is 5.11 Å². The molecule has 19 heavy (non-hydrogen) atoms. The Labute approximate surface area is 112 Å². The molecular weight excluding hydrogens is 266 g/mol. The first-order valence-corrected chi connectivity index (χ1v) is 8.01. The van der Waals surface area contributed by atoms with Crippen LogP contribution >= 0.6 is 0 Å². The van der Waals surface area contributed by atoms with Crippen LogP contribution in [0.25, 0.3) is 0 Å². The zero-order valence-electron chi connectivity index (χ0n) is 10.7. The van der Waals surface area contributed by atoms with Gasteiger partial charge in [-0.2, -0.15) is 0 Å². The zero-order chi connectivity index (χ0) is 14.0. The Hall–Kier alpha value is -1.56. The van der Waals surface area contributed by atoms with Crippen molar-refractivity contribution < 1.29 is 18.3 Å². The molecule has 1 aromatic carbocycles. The van der Waals surface area contributed by atoms with E-state index in [1.54, 1.807) is 6.07 Å². The van der Waals surface area contributed by atoms with Gasteiger partial charge in [-0.3, -0.25) is 0 Å². The smallest absolute Gasteiger partial charge is 0.337 e. The molecule has 0 spiro atoms. The molecule has 6 heteroatoms. The molecule has 1 atom stereocenters. The van der Waals surface area contributed by atoms with Gasteiger partial charge in [-0.25, -0.2) is 13.2 Å². The molecule has 0 saturated carbocycles. The molecule has 0 bridgehead atoms. The number of carboxylic acid groups (broad SMARTS) is 1. The van der Waals surface area contributed by atoms with E-state index in [9.17, 15) is 13.2 Å². The summed E-state index contributed by atoms with van der Waals surface area (Å²) < 4.78 is 23.2. The molecule has 1 saturated heterocycles. The standard InChI is InChI=1S/C13H17NO4S/c1-9-4-2-6-11(13(15)16)12(9)14-10-5-3-7-19(17,18)8-10/h2,4,6,10,14H,3,5,7-8H2,1H3,(H,15,16). The number of rotatable bonds is 3. The lowest BCUT2D eigenvalue weighted by molar-refractivity contribution is 0.0698. The number of nitrogens with one attached hydrogen (secondary N) is 1. The minimum Gasteiger partial charge on any atom is -0.478 e. The molecule has 1 aliphatic rings. The molecule has 1 fully saturated rings. The van der Waals surface area contributed by atoms with Gasteiger partial charge in [0.05, 0.1) is 22.8 Å². The van der Waals surface area contributed by atoms with Crippen LogP contribution in [0.15, 0.2) is 18.2 Å². The first-order valence-electron chi connectivity index (χ1n) is 6.19. The predicted octanol–water partition coefficient (Wildman–Crippen LogP) is 1.68. The number of para-hydroxylation sites is 1. The second-order valence-corrected chi connectivity index (χ2v) is 7.13. The summed E-state index contributed by atoms with van der Waals surface area (Å²) >= 11 is 0. The van der Waals surface area contributed by atoms with Gasteiger partial charge >= 0.3 is 5.97 Å². The maximum atomic E-state index is 11.6. The summed E-state index contributed by atoms with van der Waals surface area (Å²) in [7, 11) is -3.01. The van der Waals surface area contributed by atoms with Crippen molar-refractivity contribution in [2.45, 2.75) is 25.8 Å². The second kappa shape index (κ2) is 5.21. The lowest BCUT2D eigenvalue weighted by Gasteiger charge is -2.25. The van der Waals surface area contributed by atoms with Gasteiger partial charge < -0.3 is 10.4 Å². The van der Waals surface area contributed by atoms with Gasteiger partial charge in [0.15, 0.2) is 9.84 Å². The van der Waals surface area contributed by atoms with Crippen molar-refractivity contribution in [3.63, 3.8) is 0 Å². The third-order valence-electron chi connectivity index (χ3n) is 3.31. The quantitative estimate of drug-likeness (QED) is 0.882. The van der Waals surface area contributed by atoms with Crippen LogP contribution in [0.1, 0.15) is 28.8 Å². The van der Waals surface area contributed by atoms with Crippen molar-refractivity contribution in [3.8, 4) is 0 Å². The van der Waals surface area contributed by atoms with E-state index >= 15 is 0 Å². The molecule has 0 aromatic heterocycles. The minimum atomic E-state index is -3.01. The van der Waals surface area contributed by atoms with Crippen LogP contribution in [-0.4, -0.2) is 37.0 Å². The Morgan fingerprint density at radius 1 is 1.42 bits per heavy atom. The van der Waals surface area contributed by atoms with Crippen LogP contribution < -0.4 is 5.32 Å². The normalized spacial score (nSPS) is 21.8. The number of hydrogen-bond acceptors (Lipinski definition) is 4. The van der Waals surface area contributed by atoms with E-state index in [2.05, 4.69) is 5.32 Å². The van der Waals surface area contributed by atoms with Crippen LogP contribution in [-0.2, 0) is 9.84 Å². The average molecular weight is 283 g/mol. The fraction of sp³-hybridized carbons (Fsp3) is 0.462. The van der Waals surface area contributed by atoms with Gasteiger partial charge in [0.2, 0.25) is 0 Å². The summed E-state index contributed by atoms with van der Waals surface area (Å²) in [5.41, 5.74) is 1.52. The summed E-state index contributed by atoms with van der Waals surface area (Å²) in [5, 5.41) is 12.3. The monoisotopic (exact) mass is 283 g/mol. The highest BCUT2D eigenvalue weighted by Gasteiger charge is 2.26. The molecule has 5 nitrogen and oxygen atoms in total. The third-order valence-corrected chi connectivity index (χ3v) is 5.14. The maximum Gasteiger partial charge on any atom is 0.337 e. The third kappa shape index (κ3) is 3.26. The van der Waals surface area contributed by atoms with Gasteiger partial charge in [0, 0.05) is 6.04 Å². The molecule has 0 amide bonds. The fourth-order valence-electron chi connectivity index (χ4n) is 2.38. The number of aryl methyl sites for hydroxylation is 1. The number of carboxylic acids is 1. The molecule has 2 rings (SSSR count). The van der Waals surface area contributed by atoms with Gasteiger partial charge in [0.25, 0.3) is 0 Å². The highest BCUT2D eigenvalue weighted by atomic mass is 32.2. The van der Waals surface area contributed by atoms with E-state index in [1.807, 2.05) is 13.0 Å². The van der Waals surface area contributed by atoms with E-state index in [0.717, 1.165) is 12.0 Å². The van der Waals surface area contributed by atoms with Crippen LogP contribution in [0.5, 0.6) is 0 Å². The SMILES string of the molecule is Cc1cccc(C(=O)O)c1NC1CCCS(=O)(=O)C1. The van der Waals surface area contributed by atoms with E-state index in [-0.39, 0.29) is 23.1 Å². The average Bonchev–Trinajstić information content (AvgIpc) is 2.30. The van der Waals surface area contributed by atoms with Crippen LogP contribution in [0.4, 0.5) is 5.69 Å². The lowest BCUT2D eigenvalue weighted by atomic mass is 10.1. The van der Waals surface area contributed by atoms with Crippen LogP contribution in [0, 0.1) is 6.92 Å². The first kappa shape index (κ1) is 13.9. The van der Waals surface area contributed by atoms with Gasteiger partial charge in [-0.15, -0.1) is 0 Å². The van der Waals surface area contributed by atoms with Gasteiger partial charge in [-0.05, 0) is 31.4 Å². The number of benzene rings is 1. The van der Waals surface area contributed by atoms with E-state index < -0.39 is 15.8 Å². The predicted molar refractivity (Wildman–Crippen MR) is 73.4 cm³/mol. The van der Waals surface area contributed by atoms with Crippen molar-refractivity contribution in [3.05, 3.63) is 29.3 Å².